The smallest absolute Gasteiger partial charge is 0.326 e. The van der Waals surface area contributed by atoms with Crippen LogP contribution in [0.5, 0.6) is 0 Å². The topological polar surface area (TPSA) is 241 Å². The van der Waals surface area contributed by atoms with Crippen LogP contribution in [0.15, 0.2) is 4.99 Å². The average Bonchev–Trinajstić information content (AvgIpc) is 2.72. The minimum Gasteiger partial charge on any atom is -0.480 e. The lowest BCUT2D eigenvalue weighted by molar-refractivity contribution is -0.143. The van der Waals surface area contributed by atoms with Crippen molar-refractivity contribution >= 4 is 29.7 Å². The Hall–Kier alpha value is -2.93. The Labute approximate surface area is 194 Å². The second-order valence-electron chi connectivity index (χ2n) is 8.21. The fourth-order valence-corrected chi connectivity index (χ4v) is 2.88. The number of aliphatic carboxylic acids is 1. The summed E-state index contributed by atoms with van der Waals surface area (Å²) in [5.41, 5.74) is 21.7. The Morgan fingerprint density at radius 1 is 0.848 bits per heavy atom. The quantitative estimate of drug-likeness (QED) is 0.0683. The number of nitrogens with zero attached hydrogens (tertiary/aromatic N) is 1. The molecule has 190 valence electrons. The van der Waals surface area contributed by atoms with Crippen molar-refractivity contribution in [3.8, 4) is 0 Å². The summed E-state index contributed by atoms with van der Waals surface area (Å²) in [4.78, 5) is 53.2. The number of nitrogens with two attached hydrogens (primary N) is 4. The molecule has 0 saturated carbocycles. The minimum absolute atomic E-state index is 0.0922. The number of hydrogen-bond acceptors (Lipinski definition) is 7. The molecular weight excluding hydrogens is 432 g/mol. The first-order valence-electron chi connectivity index (χ1n) is 11.1. The number of aliphatic imine (C=N–C) groups is 1. The van der Waals surface area contributed by atoms with Crippen LogP contribution >= 0.6 is 0 Å². The molecule has 0 fully saturated rings. The van der Waals surface area contributed by atoms with Gasteiger partial charge in [0.15, 0.2) is 5.96 Å². The summed E-state index contributed by atoms with van der Waals surface area (Å²) in [5, 5.41) is 17.0. The number of rotatable bonds is 16. The lowest BCUT2D eigenvalue weighted by atomic mass is 10.0. The molecule has 4 atom stereocenters. The molecule has 13 heteroatoms. The maximum atomic E-state index is 13.0. The third-order valence-electron chi connectivity index (χ3n) is 4.80. The molecule has 3 amide bonds. The van der Waals surface area contributed by atoms with E-state index < -0.39 is 47.9 Å². The van der Waals surface area contributed by atoms with Gasteiger partial charge in [0.2, 0.25) is 17.7 Å². The number of carbonyl (C=O) groups is 4. The number of unbranched alkanes of at least 4 members (excludes halogenated alkanes) is 1. The van der Waals surface area contributed by atoms with Gasteiger partial charge in [-0.1, -0.05) is 13.8 Å². The van der Waals surface area contributed by atoms with Gasteiger partial charge in [-0.3, -0.25) is 19.4 Å². The number of guanidine groups is 1. The van der Waals surface area contributed by atoms with Gasteiger partial charge in [0.05, 0.1) is 6.04 Å². The zero-order valence-corrected chi connectivity index (χ0v) is 19.7. The standard InChI is InChI=1S/C20H40N8O5/c1-11(2)15(19(32)33)28-18(31)13(7-4-5-9-21)27-17(30)14(26-16(29)12(3)22)8-6-10-25-20(23)24/h11-15H,4-10,21-22H2,1-3H3,(H,26,29)(H,27,30)(H,28,31)(H,32,33)(H4,23,24,25). The van der Waals surface area contributed by atoms with E-state index in [-0.39, 0.29) is 31.3 Å². The van der Waals surface area contributed by atoms with Crippen LogP contribution in [0.2, 0.25) is 0 Å². The maximum absolute atomic E-state index is 13.0. The predicted molar refractivity (Wildman–Crippen MR) is 125 cm³/mol. The summed E-state index contributed by atoms with van der Waals surface area (Å²) in [5.74, 6) is -3.39. The maximum Gasteiger partial charge on any atom is 0.326 e. The van der Waals surface area contributed by atoms with Gasteiger partial charge in [-0.2, -0.15) is 0 Å². The summed E-state index contributed by atoms with van der Waals surface area (Å²) in [6.07, 6.45) is 1.99. The van der Waals surface area contributed by atoms with E-state index in [1.165, 1.54) is 6.92 Å². The monoisotopic (exact) mass is 472 g/mol. The van der Waals surface area contributed by atoms with E-state index in [1.807, 2.05) is 0 Å². The summed E-state index contributed by atoms with van der Waals surface area (Å²) in [6.45, 7) is 5.46. The van der Waals surface area contributed by atoms with Gasteiger partial charge in [-0.15, -0.1) is 0 Å². The largest absolute Gasteiger partial charge is 0.480 e. The summed E-state index contributed by atoms with van der Waals surface area (Å²) >= 11 is 0. The number of carboxylic acid groups (broad SMARTS) is 1. The molecule has 12 N–H and O–H groups in total. The van der Waals surface area contributed by atoms with Gasteiger partial charge in [0.25, 0.3) is 0 Å². The zero-order valence-electron chi connectivity index (χ0n) is 19.7. The van der Waals surface area contributed by atoms with E-state index in [0.717, 1.165) is 0 Å². The van der Waals surface area contributed by atoms with Crippen LogP contribution in [-0.4, -0.2) is 72.0 Å². The average molecular weight is 473 g/mol. The van der Waals surface area contributed by atoms with Crippen molar-refractivity contribution in [2.45, 2.75) is 77.0 Å². The van der Waals surface area contributed by atoms with Gasteiger partial charge in [0, 0.05) is 6.54 Å². The Morgan fingerprint density at radius 2 is 1.36 bits per heavy atom. The van der Waals surface area contributed by atoms with Crippen molar-refractivity contribution in [1.82, 2.24) is 16.0 Å². The van der Waals surface area contributed by atoms with E-state index in [4.69, 9.17) is 22.9 Å². The Kier molecular flexibility index (Phi) is 14.4. The third kappa shape index (κ3) is 12.6. The molecular formula is C20H40N8O5. The molecule has 0 aliphatic heterocycles. The zero-order chi connectivity index (χ0) is 25.6. The predicted octanol–water partition coefficient (Wildman–Crippen LogP) is -2.29. The van der Waals surface area contributed by atoms with Crippen LogP contribution < -0.4 is 38.9 Å². The molecule has 0 aromatic carbocycles. The molecule has 0 aromatic heterocycles. The molecule has 0 aliphatic carbocycles. The first-order chi connectivity index (χ1) is 15.4. The van der Waals surface area contributed by atoms with Gasteiger partial charge >= 0.3 is 5.97 Å². The summed E-state index contributed by atoms with van der Waals surface area (Å²) in [6, 6.07) is -3.94. The van der Waals surface area contributed by atoms with Gasteiger partial charge in [-0.05, 0) is 51.5 Å². The van der Waals surface area contributed by atoms with Gasteiger partial charge in [0.1, 0.15) is 18.1 Å². The minimum atomic E-state index is -1.17. The summed E-state index contributed by atoms with van der Waals surface area (Å²) < 4.78 is 0. The summed E-state index contributed by atoms with van der Waals surface area (Å²) in [7, 11) is 0. The van der Waals surface area contributed by atoms with Crippen molar-refractivity contribution in [2.24, 2.45) is 33.8 Å². The fraction of sp³-hybridized carbons (Fsp3) is 0.750. The Morgan fingerprint density at radius 3 is 1.82 bits per heavy atom. The molecule has 0 bridgehead atoms. The van der Waals surface area contributed by atoms with Crippen LogP contribution in [-0.2, 0) is 19.2 Å². The van der Waals surface area contributed by atoms with E-state index >= 15 is 0 Å². The molecule has 0 radical (unpaired) electrons. The highest BCUT2D eigenvalue weighted by Crippen LogP contribution is 2.07. The first-order valence-corrected chi connectivity index (χ1v) is 11.1. The normalized spacial score (nSPS) is 14.5. The highest BCUT2D eigenvalue weighted by atomic mass is 16.4. The first kappa shape index (κ1) is 30.1. The Bertz CT molecular complexity index is 679. The fourth-order valence-electron chi connectivity index (χ4n) is 2.88. The molecule has 33 heavy (non-hydrogen) atoms. The van der Waals surface area contributed by atoms with Crippen LogP contribution in [0.4, 0.5) is 0 Å². The molecule has 0 aromatic rings. The van der Waals surface area contributed by atoms with Crippen molar-refractivity contribution in [3.63, 3.8) is 0 Å². The lowest BCUT2D eigenvalue weighted by Gasteiger charge is -2.26. The highest BCUT2D eigenvalue weighted by molar-refractivity contribution is 5.94. The van der Waals surface area contributed by atoms with E-state index in [9.17, 15) is 24.3 Å². The van der Waals surface area contributed by atoms with Crippen molar-refractivity contribution in [3.05, 3.63) is 0 Å². The molecule has 0 rings (SSSR count). The Balaban J connectivity index is 5.47. The van der Waals surface area contributed by atoms with Gasteiger partial charge < -0.3 is 44.0 Å². The van der Waals surface area contributed by atoms with Crippen LogP contribution in [0.25, 0.3) is 0 Å². The number of carboxylic acids is 1. The van der Waals surface area contributed by atoms with Crippen molar-refractivity contribution < 1.29 is 24.3 Å². The third-order valence-corrected chi connectivity index (χ3v) is 4.80. The lowest BCUT2D eigenvalue weighted by Crippen LogP contribution is -2.57. The second kappa shape index (κ2) is 15.8. The number of nitrogens with one attached hydrogen (secondary N) is 3. The molecule has 0 aliphatic rings. The molecule has 0 saturated heterocycles. The van der Waals surface area contributed by atoms with Gasteiger partial charge in [-0.25, -0.2) is 4.79 Å². The van der Waals surface area contributed by atoms with E-state index in [2.05, 4.69) is 20.9 Å². The molecule has 4 unspecified atom stereocenters. The van der Waals surface area contributed by atoms with Crippen LogP contribution in [0.1, 0.15) is 52.9 Å². The van der Waals surface area contributed by atoms with Crippen molar-refractivity contribution in [2.75, 3.05) is 13.1 Å². The number of amides is 3. The van der Waals surface area contributed by atoms with Crippen LogP contribution in [0, 0.1) is 5.92 Å². The van der Waals surface area contributed by atoms with Crippen molar-refractivity contribution in [1.29, 1.82) is 0 Å². The van der Waals surface area contributed by atoms with E-state index in [0.29, 0.717) is 25.8 Å². The number of carbonyl (C=O) groups excluding carboxylic acids is 3. The van der Waals surface area contributed by atoms with Crippen LogP contribution in [0.3, 0.4) is 0 Å². The highest BCUT2D eigenvalue weighted by Gasteiger charge is 2.30. The molecule has 0 spiro atoms. The molecule has 0 heterocycles. The molecule has 13 nitrogen and oxygen atoms in total. The van der Waals surface area contributed by atoms with E-state index in [1.54, 1.807) is 13.8 Å². The SMILES string of the molecule is CC(N)C(=O)NC(CCCN=C(N)N)C(=O)NC(CCCCN)C(=O)NC(C(=O)O)C(C)C. The second-order valence-corrected chi connectivity index (χ2v) is 8.21. The number of hydrogen-bond donors (Lipinski definition) is 8.